The van der Waals surface area contributed by atoms with E-state index in [1.54, 1.807) is 6.07 Å². The third kappa shape index (κ3) is 2.28. The number of benzene rings is 2. The summed E-state index contributed by atoms with van der Waals surface area (Å²) < 4.78 is 13.1. The molecule has 0 aliphatic heterocycles. The molecule has 0 radical (unpaired) electrons. The molecule has 1 nitrogen and oxygen atoms in total. The van der Waals surface area contributed by atoms with Crippen molar-refractivity contribution < 1.29 is 4.39 Å². The Morgan fingerprint density at radius 1 is 1.26 bits per heavy atom. The summed E-state index contributed by atoms with van der Waals surface area (Å²) in [6.07, 6.45) is 1.88. The van der Waals surface area contributed by atoms with E-state index in [2.05, 4.69) is 24.3 Å². The van der Waals surface area contributed by atoms with Crippen molar-refractivity contribution in [3.63, 3.8) is 0 Å². The maximum Gasteiger partial charge on any atom is 0.123 e. The van der Waals surface area contributed by atoms with Gasteiger partial charge in [0.2, 0.25) is 0 Å². The monoisotopic (exact) mass is 255 g/mol. The molecule has 2 atom stereocenters. The largest absolute Gasteiger partial charge is 0.327 e. The third-order valence-corrected chi connectivity index (χ3v) is 4.17. The van der Waals surface area contributed by atoms with Crippen LogP contribution in [0.5, 0.6) is 0 Å². The van der Waals surface area contributed by atoms with Crippen molar-refractivity contribution >= 4 is 0 Å². The van der Waals surface area contributed by atoms with E-state index >= 15 is 0 Å². The summed E-state index contributed by atoms with van der Waals surface area (Å²) in [7, 11) is 0. The predicted molar refractivity (Wildman–Crippen MR) is 75.7 cm³/mol. The van der Waals surface area contributed by atoms with Gasteiger partial charge in [0, 0.05) is 12.0 Å². The molecule has 2 unspecified atom stereocenters. The third-order valence-electron chi connectivity index (χ3n) is 4.17. The van der Waals surface area contributed by atoms with Crippen LogP contribution >= 0.6 is 0 Å². The van der Waals surface area contributed by atoms with Gasteiger partial charge in [-0.05, 0) is 54.2 Å². The lowest BCUT2D eigenvalue weighted by Crippen LogP contribution is -2.37. The fourth-order valence-electron chi connectivity index (χ4n) is 2.96. The fraction of sp³-hybridized carbons (Fsp3) is 0.294. The highest BCUT2D eigenvalue weighted by Crippen LogP contribution is 2.37. The van der Waals surface area contributed by atoms with E-state index in [1.165, 1.54) is 17.2 Å². The number of fused-ring (bicyclic) bond motifs is 1. The predicted octanol–water partition coefficient (Wildman–Crippen LogP) is 3.34. The molecule has 1 aliphatic rings. The first kappa shape index (κ1) is 12.4. The molecule has 0 bridgehead atoms. The summed E-state index contributed by atoms with van der Waals surface area (Å²) >= 11 is 0. The Morgan fingerprint density at radius 3 is 2.79 bits per heavy atom. The molecule has 2 aromatic carbocycles. The van der Waals surface area contributed by atoms with Crippen LogP contribution in [0.15, 0.2) is 42.5 Å². The number of hydrogen-bond donors (Lipinski definition) is 1. The lowest BCUT2D eigenvalue weighted by atomic mass is 9.72. The number of hydrogen-bond acceptors (Lipinski definition) is 1. The molecule has 1 aliphatic carbocycles. The van der Waals surface area contributed by atoms with Gasteiger partial charge in [-0.25, -0.2) is 4.39 Å². The van der Waals surface area contributed by atoms with E-state index in [-0.39, 0.29) is 11.9 Å². The number of rotatable bonds is 3. The van der Waals surface area contributed by atoms with Crippen LogP contribution in [0.2, 0.25) is 0 Å². The molecule has 2 aromatic rings. The maximum atomic E-state index is 13.1. The van der Waals surface area contributed by atoms with Gasteiger partial charge in [0.05, 0.1) is 0 Å². The molecule has 19 heavy (non-hydrogen) atoms. The SMILES string of the molecule is Cc1cc(F)ccc1CC(N)C1Cc2ccccc21. The highest BCUT2D eigenvalue weighted by Gasteiger charge is 2.30. The van der Waals surface area contributed by atoms with Crippen LogP contribution < -0.4 is 5.73 Å². The summed E-state index contributed by atoms with van der Waals surface area (Å²) in [5, 5.41) is 0. The van der Waals surface area contributed by atoms with Crippen LogP contribution in [0.1, 0.15) is 28.2 Å². The van der Waals surface area contributed by atoms with Crippen molar-refractivity contribution in [2.24, 2.45) is 5.73 Å². The summed E-state index contributed by atoms with van der Waals surface area (Å²) in [5.41, 5.74) is 11.3. The van der Waals surface area contributed by atoms with Gasteiger partial charge in [-0.2, -0.15) is 0 Å². The first-order valence-electron chi connectivity index (χ1n) is 6.73. The Balaban J connectivity index is 1.75. The number of aryl methyl sites for hydroxylation is 1. The number of halogens is 1. The quantitative estimate of drug-likeness (QED) is 0.894. The Morgan fingerprint density at radius 2 is 2.05 bits per heavy atom. The fourth-order valence-corrected chi connectivity index (χ4v) is 2.96. The van der Waals surface area contributed by atoms with Crippen LogP contribution in [-0.4, -0.2) is 6.04 Å². The maximum absolute atomic E-state index is 13.1. The van der Waals surface area contributed by atoms with E-state index in [1.807, 2.05) is 13.0 Å². The summed E-state index contributed by atoms with van der Waals surface area (Å²) in [4.78, 5) is 0. The van der Waals surface area contributed by atoms with Gasteiger partial charge < -0.3 is 5.73 Å². The molecule has 3 rings (SSSR count). The minimum absolute atomic E-state index is 0.110. The topological polar surface area (TPSA) is 26.0 Å². The zero-order valence-electron chi connectivity index (χ0n) is 11.1. The van der Waals surface area contributed by atoms with Crippen LogP contribution in [0, 0.1) is 12.7 Å². The Kier molecular flexibility index (Phi) is 3.11. The van der Waals surface area contributed by atoms with E-state index in [4.69, 9.17) is 5.73 Å². The van der Waals surface area contributed by atoms with Crippen molar-refractivity contribution in [3.05, 3.63) is 70.5 Å². The van der Waals surface area contributed by atoms with E-state index < -0.39 is 0 Å². The molecule has 0 fully saturated rings. The van der Waals surface area contributed by atoms with Crippen LogP contribution in [0.4, 0.5) is 4.39 Å². The van der Waals surface area contributed by atoms with E-state index in [9.17, 15) is 4.39 Å². The molecular weight excluding hydrogens is 237 g/mol. The molecule has 0 saturated heterocycles. The molecular formula is C17H18FN. The second-order valence-electron chi connectivity index (χ2n) is 5.45. The van der Waals surface area contributed by atoms with Gasteiger partial charge in [0.15, 0.2) is 0 Å². The Hall–Kier alpha value is -1.67. The molecule has 0 saturated carbocycles. The van der Waals surface area contributed by atoms with Crippen LogP contribution in [0.3, 0.4) is 0 Å². The first-order chi connectivity index (χ1) is 9.15. The molecule has 0 heterocycles. The Bertz CT molecular complexity index is 606. The first-order valence-corrected chi connectivity index (χ1v) is 6.73. The zero-order chi connectivity index (χ0) is 13.4. The lowest BCUT2D eigenvalue weighted by molar-refractivity contribution is 0.479. The minimum Gasteiger partial charge on any atom is -0.327 e. The van der Waals surface area contributed by atoms with Crippen molar-refractivity contribution in [1.29, 1.82) is 0 Å². The minimum atomic E-state index is -0.177. The summed E-state index contributed by atoms with van der Waals surface area (Å²) in [6, 6.07) is 13.5. The van der Waals surface area contributed by atoms with Gasteiger partial charge in [-0.3, -0.25) is 0 Å². The second-order valence-corrected chi connectivity index (χ2v) is 5.45. The van der Waals surface area contributed by atoms with E-state index in [0.29, 0.717) is 5.92 Å². The molecule has 0 spiro atoms. The van der Waals surface area contributed by atoms with Gasteiger partial charge in [0.1, 0.15) is 5.82 Å². The van der Waals surface area contributed by atoms with E-state index in [0.717, 1.165) is 24.0 Å². The average molecular weight is 255 g/mol. The van der Waals surface area contributed by atoms with Crippen LogP contribution in [-0.2, 0) is 12.8 Å². The van der Waals surface area contributed by atoms with Crippen molar-refractivity contribution in [2.75, 3.05) is 0 Å². The molecule has 2 N–H and O–H groups in total. The van der Waals surface area contributed by atoms with Gasteiger partial charge in [-0.15, -0.1) is 0 Å². The molecule has 0 amide bonds. The van der Waals surface area contributed by atoms with Gasteiger partial charge in [-0.1, -0.05) is 30.3 Å². The van der Waals surface area contributed by atoms with Crippen molar-refractivity contribution in [2.45, 2.75) is 31.7 Å². The smallest absolute Gasteiger partial charge is 0.123 e. The molecule has 2 heteroatoms. The molecule has 0 aromatic heterocycles. The zero-order valence-corrected chi connectivity index (χ0v) is 11.1. The standard InChI is InChI=1S/C17H18FN/c1-11-8-14(18)7-6-12(11)10-17(19)16-9-13-4-2-3-5-15(13)16/h2-8,16-17H,9-10,19H2,1H3. The average Bonchev–Trinajstić information content (AvgIpc) is 2.34. The summed E-state index contributed by atoms with van der Waals surface area (Å²) in [6.45, 7) is 1.94. The Labute approximate surface area is 113 Å². The summed E-state index contributed by atoms with van der Waals surface area (Å²) in [5.74, 6) is 0.268. The van der Waals surface area contributed by atoms with Gasteiger partial charge >= 0.3 is 0 Å². The van der Waals surface area contributed by atoms with Crippen molar-refractivity contribution in [1.82, 2.24) is 0 Å². The van der Waals surface area contributed by atoms with Gasteiger partial charge in [0.25, 0.3) is 0 Å². The normalized spacial score (nSPS) is 18.6. The highest BCUT2D eigenvalue weighted by atomic mass is 19.1. The second kappa shape index (κ2) is 4.78. The highest BCUT2D eigenvalue weighted by molar-refractivity contribution is 5.41. The van der Waals surface area contributed by atoms with Crippen LogP contribution in [0.25, 0.3) is 0 Å². The lowest BCUT2D eigenvalue weighted by Gasteiger charge is -2.35. The molecule has 98 valence electrons. The van der Waals surface area contributed by atoms with Crippen molar-refractivity contribution in [3.8, 4) is 0 Å². The number of nitrogens with two attached hydrogens (primary N) is 1.